The molecule has 0 aliphatic carbocycles. The zero-order valence-electron chi connectivity index (χ0n) is 8.81. The molecule has 0 saturated carbocycles. The number of hydrogen-bond donors (Lipinski definition) is 0. The topological polar surface area (TPSA) is 70.3 Å². The van der Waals surface area contributed by atoms with Gasteiger partial charge in [-0.3, -0.25) is 9.36 Å². The molecule has 0 radical (unpaired) electrons. The van der Waals surface area contributed by atoms with Crippen molar-refractivity contribution in [2.75, 3.05) is 7.11 Å². The fourth-order valence-electron chi connectivity index (χ4n) is 1.26. The molecular formula is C9H12N2O4. The van der Waals surface area contributed by atoms with Crippen LogP contribution in [0.2, 0.25) is 0 Å². The van der Waals surface area contributed by atoms with E-state index in [9.17, 15) is 14.4 Å². The second-order valence-electron chi connectivity index (χ2n) is 2.98. The van der Waals surface area contributed by atoms with Crippen molar-refractivity contribution < 1.29 is 9.53 Å². The van der Waals surface area contributed by atoms with Crippen molar-refractivity contribution in [2.24, 2.45) is 7.05 Å². The van der Waals surface area contributed by atoms with Crippen molar-refractivity contribution in [1.82, 2.24) is 9.13 Å². The molecule has 0 aromatic carbocycles. The Morgan fingerprint density at radius 3 is 2.53 bits per heavy atom. The van der Waals surface area contributed by atoms with Gasteiger partial charge in [-0.15, -0.1) is 0 Å². The molecule has 6 heteroatoms. The van der Waals surface area contributed by atoms with E-state index in [0.717, 1.165) is 4.57 Å². The zero-order chi connectivity index (χ0) is 11.6. The molecule has 0 amide bonds. The van der Waals surface area contributed by atoms with Crippen molar-refractivity contribution in [3.63, 3.8) is 0 Å². The first-order valence-electron chi connectivity index (χ1n) is 4.41. The molecule has 0 fully saturated rings. The summed E-state index contributed by atoms with van der Waals surface area (Å²) in [6.45, 7) is 1.88. The van der Waals surface area contributed by atoms with Gasteiger partial charge >= 0.3 is 11.7 Å². The number of carbonyl (C=O) groups is 1. The van der Waals surface area contributed by atoms with E-state index in [1.807, 2.05) is 0 Å². The minimum Gasteiger partial charge on any atom is -0.465 e. The van der Waals surface area contributed by atoms with Crippen LogP contribution in [0.15, 0.2) is 15.8 Å². The number of ether oxygens (including phenoxy) is 1. The smallest absolute Gasteiger partial charge is 0.345 e. The van der Waals surface area contributed by atoms with Gasteiger partial charge < -0.3 is 9.30 Å². The molecule has 0 spiro atoms. The van der Waals surface area contributed by atoms with Crippen molar-refractivity contribution in [2.45, 2.75) is 13.5 Å². The number of carbonyl (C=O) groups excluding carboxylic acids is 1. The number of esters is 1. The predicted octanol–water partition coefficient (Wildman–Crippen LogP) is -0.647. The van der Waals surface area contributed by atoms with Gasteiger partial charge in [-0.05, 0) is 6.92 Å². The molecule has 6 nitrogen and oxygen atoms in total. The Kier molecular flexibility index (Phi) is 3.08. The molecule has 0 N–H and O–H groups in total. The minimum atomic E-state index is -0.738. The number of hydrogen-bond acceptors (Lipinski definition) is 4. The number of rotatable bonds is 2. The average molecular weight is 212 g/mol. The Labute approximate surface area is 85.7 Å². The van der Waals surface area contributed by atoms with Crippen LogP contribution in [-0.2, 0) is 18.3 Å². The molecule has 1 heterocycles. The lowest BCUT2D eigenvalue weighted by Gasteiger charge is -2.06. The fraction of sp³-hybridized carbons (Fsp3) is 0.444. The van der Waals surface area contributed by atoms with Crippen LogP contribution < -0.4 is 11.2 Å². The third-order valence-corrected chi connectivity index (χ3v) is 2.05. The van der Waals surface area contributed by atoms with E-state index in [4.69, 9.17) is 0 Å². The van der Waals surface area contributed by atoms with Crippen LogP contribution in [0, 0.1) is 0 Å². The number of aromatic nitrogens is 2. The van der Waals surface area contributed by atoms with Gasteiger partial charge in [-0.1, -0.05) is 0 Å². The maximum Gasteiger partial charge on any atom is 0.345 e. The van der Waals surface area contributed by atoms with Crippen LogP contribution >= 0.6 is 0 Å². The molecule has 1 aromatic heterocycles. The Balaban J connectivity index is 3.58. The third-order valence-electron chi connectivity index (χ3n) is 2.05. The van der Waals surface area contributed by atoms with Gasteiger partial charge in [0.05, 0.1) is 7.11 Å². The van der Waals surface area contributed by atoms with Crippen molar-refractivity contribution in [1.29, 1.82) is 0 Å². The first-order valence-corrected chi connectivity index (χ1v) is 4.41. The SMILES string of the molecule is CCn1c(=O)c(C(=O)OC)cn(C)c1=O. The maximum atomic E-state index is 11.6. The summed E-state index contributed by atoms with van der Waals surface area (Å²) >= 11 is 0. The Hall–Kier alpha value is -1.85. The van der Waals surface area contributed by atoms with E-state index in [0.29, 0.717) is 0 Å². The first-order chi connectivity index (χ1) is 7.02. The van der Waals surface area contributed by atoms with Gasteiger partial charge in [0.25, 0.3) is 5.56 Å². The number of nitrogens with zero attached hydrogens (tertiary/aromatic N) is 2. The van der Waals surface area contributed by atoms with Crippen LogP contribution in [0.4, 0.5) is 0 Å². The highest BCUT2D eigenvalue weighted by Crippen LogP contribution is 1.91. The fourth-order valence-corrected chi connectivity index (χ4v) is 1.26. The van der Waals surface area contributed by atoms with Crippen molar-refractivity contribution in [3.8, 4) is 0 Å². The summed E-state index contributed by atoms with van der Waals surface area (Å²) in [4.78, 5) is 34.3. The summed E-state index contributed by atoms with van der Waals surface area (Å²) in [5.41, 5.74) is -1.20. The van der Waals surface area contributed by atoms with Crippen molar-refractivity contribution in [3.05, 3.63) is 32.6 Å². The first kappa shape index (κ1) is 11.2. The van der Waals surface area contributed by atoms with E-state index < -0.39 is 17.2 Å². The molecule has 0 unspecified atom stereocenters. The van der Waals surface area contributed by atoms with Crippen LogP contribution in [0.1, 0.15) is 17.3 Å². The van der Waals surface area contributed by atoms with E-state index in [2.05, 4.69) is 4.74 Å². The maximum absolute atomic E-state index is 11.6. The van der Waals surface area contributed by atoms with Gasteiger partial charge in [-0.25, -0.2) is 9.59 Å². The molecule has 15 heavy (non-hydrogen) atoms. The molecule has 0 aliphatic heterocycles. The lowest BCUT2D eigenvalue weighted by atomic mass is 10.3. The third kappa shape index (κ3) is 1.83. The Bertz CT molecular complexity index is 498. The highest BCUT2D eigenvalue weighted by molar-refractivity contribution is 5.88. The number of aryl methyl sites for hydroxylation is 1. The lowest BCUT2D eigenvalue weighted by Crippen LogP contribution is -2.41. The monoisotopic (exact) mass is 212 g/mol. The average Bonchev–Trinajstić information content (AvgIpc) is 2.23. The molecule has 0 bridgehead atoms. The molecular weight excluding hydrogens is 200 g/mol. The molecule has 1 rings (SSSR count). The normalized spacial score (nSPS) is 10.1. The summed E-state index contributed by atoms with van der Waals surface area (Å²) in [7, 11) is 2.66. The molecule has 0 aliphatic rings. The van der Waals surface area contributed by atoms with Gasteiger partial charge in [0.2, 0.25) is 0 Å². The van der Waals surface area contributed by atoms with Gasteiger partial charge in [-0.2, -0.15) is 0 Å². The standard InChI is InChI=1S/C9H12N2O4/c1-4-11-7(12)6(8(13)15-3)5-10(2)9(11)14/h5H,4H2,1-3H3. The number of methoxy groups -OCH3 is 1. The zero-order valence-corrected chi connectivity index (χ0v) is 8.81. The minimum absolute atomic E-state index is 0.138. The highest BCUT2D eigenvalue weighted by atomic mass is 16.5. The van der Waals surface area contributed by atoms with Crippen LogP contribution in [0.25, 0.3) is 0 Å². The largest absolute Gasteiger partial charge is 0.465 e. The molecule has 1 aromatic rings. The quantitative estimate of drug-likeness (QED) is 0.611. The van der Waals surface area contributed by atoms with Crippen LogP contribution in [0.3, 0.4) is 0 Å². The Morgan fingerprint density at radius 1 is 1.47 bits per heavy atom. The van der Waals surface area contributed by atoms with Gasteiger partial charge in [0.1, 0.15) is 5.56 Å². The predicted molar refractivity (Wildman–Crippen MR) is 53.0 cm³/mol. The molecule has 0 atom stereocenters. The summed E-state index contributed by atoms with van der Waals surface area (Å²) in [6, 6.07) is 0. The van der Waals surface area contributed by atoms with Crippen LogP contribution in [-0.4, -0.2) is 22.2 Å². The second kappa shape index (κ2) is 4.12. The lowest BCUT2D eigenvalue weighted by molar-refractivity contribution is 0.0596. The summed E-state index contributed by atoms with van der Waals surface area (Å²) < 4.78 is 6.60. The highest BCUT2D eigenvalue weighted by Gasteiger charge is 2.15. The Morgan fingerprint density at radius 2 is 2.07 bits per heavy atom. The molecule has 82 valence electrons. The van der Waals surface area contributed by atoms with Crippen molar-refractivity contribution >= 4 is 5.97 Å². The van der Waals surface area contributed by atoms with Gasteiger partial charge in [0, 0.05) is 19.8 Å². The van der Waals surface area contributed by atoms with Gasteiger partial charge in [0.15, 0.2) is 0 Å². The van der Waals surface area contributed by atoms with E-state index in [-0.39, 0.29) is 12.1 Å². The summed E-state index contributed by atoms with van der Waals surface area (Å²) in [5.74, 6) is -0.738. The second-order valence-corrected chi connectivity index (χ2v) is 2.98. The summed E-state index contributed by atoms with van der Waals surface area (Å²) in [6.07, 6.45) is 1.18. The van der Waals surface area contributed by atoms with Crippen LogP contribution in [0.5, 0.6) is 0 Å². The van der Waals surface area contributed by atoms with E-state index >= 15 is 0 Å². The molecule has 0 saturated heterocycles. The van der Waals surface area contributed by atoms with E-state index in [1.54, 1.807) is 6.92 Å². The van der Waals surface area contributed by atoms with E-state index in [1.165, 1.54) is 24.9 Å². The summed E-state index contributed by atoms with van der Waals surface area (Å²) in [5, 5.41) is 0.